The highest BCUT2D eigenvalue weighted by Crippen LogP contribution is 2.35. The van der Waals surface area contributed by atoms with Crippen molar-refractivity contribution in [2.24, 2.45) is 5.10 Å². The van der Waals surface area contributed by atoms with Crippen LogP contribution >= 0.6 is 0 Å². The van der Waals surface area contributed by atoms with Gasteiger partial charge in [0.1, 0.15) is 23.9 Å². The molecule has 0 saturated carbocycles. The molecule has 43 heavy (non-hydrogen) atoms. The Balaban J connectivity index is 1.40. The van der Waals surface area contributed by atoms with Crippen molar-refractivity contribution in [3.05, 3.63) is 81.2 Å². The molecule has 3 aromatic rings. The minimum absolute atomic E-state index is 0.140. The van der Waals surface area contributed by atoms with E-state index in [1.807, 2.05) is 0 Å². The third-order valence-electron chi connectivity index (χ3n) is 6.17. The minimum Gasteiger partial charge on any atom is -0.507 e. The maximum atomic E-state index is 12.4. The fourth-order valence-electron chi connectivity index (χ4n) is 4.21. The number of aliphatic hydroxyl groups is 1. The molecule has 0 radical (unpaired) electrons. The number of aromatic hydroxyl groups is 1. The topological polar surface area (TPSA) is 207 Å². The number of non-ortho nitro benzene ring substituents is 1. The van der Waals surface area contributed by atoms with E-state index < -0.39 is 29.2 Å². The molecule has 15 heteroatoms. The predicted octanol–water partition coefficient (Wildman–Crippen LogP) is 3.08. The molecular formula is C28H29N5O10. The molecule has 1 aromatic heterocycles. The largest absolute Gasteiger partial charge is 0.507 e. The number of hydrazone groups is 1. The summed E-state index contributed by atoms with van der Waals surface area (Å²) in [7, 11) is 1.25. The molecule has 1 aliphatic heterocycles. The Morgan fingerprint density at radius 2 is 2.00 bits per heavy atom. The van der Waals surface area contributed by atoms with Crippen LogP contribution in [0, 0.1) is 10.1 Å². The first-order valence-corrected chi connectivity index (χ1v) is 12.9. The summed E-state index contributed by atoms with van der Waals surface area (Å²) in [5.41, 5.74) is 3.56. The number of nitrogens with zero attached hydrogens (tertiary/aromatic N) is 2. The van der Waals surface area contributed by atoms with Gasteiger partial charge in [-0.3, -0.25) is 15.5 Å². The van der Waals surface area contributed by atoms with Crippen molar-refractivity contribution in [3.63, 3.8) is 0 Å². The van der Waals surface area contributed by atoms with Crippen LogP contribution in [-0.2, 0) is 9.53 Å². The minimum atomic E-state index is -1.25. The van der Waals surface area contributed by atoms with Crippen molar-refractivity contribution in [1.82, 2.24) is 16.1 Å². The number of carbonyl (C=O) groups is 2. The van der Waals surface area contributed by atoms with Crippen LogP contribution in [0.25, 0.3) is 11.3 Å². The molecule has 2 heterocycles. The molecule has 0 fully saturated rings. The third kappa shape index (κ3) is 7.20. The number of nitro benzene ring substituents is 1. The van der Waals surface area contributed by atoms with Crippen LogP contribution in [0.15, 0.2) is 69.3 Å². The maximum Gasteiger partial charge on any atom is 0.337 e. The van der Waals surface area contributed by atoms with E-state index in [1.54, 1.807) is 32.0 Å². The van der Waals surface area contributed by atoms with E-state index >= 15 is 0 Å². The number of esters is 1. The van der Waals surface area contributed by atoms with Crippen molar-refractivity contribution in [1.29, 1.82) is 0 Å². The number of ether oxygens (including phenoxy) is 3. The molecule has 4 rings (SSSR count). The fourth-order valence-corrected chi connectivity index (χ4v) is 4.21. The number of carbonyl (C=O) groups excluding carboxylic acids is 2. The van der Waals surface area contributed by atoms with Crippen LogP contribution in [0.1, 0.15) is 31.2 Å². The monoisotopic (exact) mass is 595 g/mol. The molecule has 2 amide bonds. The van der Waals surface area contributed by atoms with Gasteiger partial charge in [-0.1, -0.05) is 6.07 Å². The first-order chi connectivity index (χ1) is 20.6. The summed E-state index contributed by atoms with van der Waals surface area (Å²) >= 11 is 0. The van der Waals surface area contributed by atoms with E-state index in [0.29, 0.717) is 29.4 Å². The van der Waals surface area contributed by atoms with Gasteiger partial charge < -0.3 is 39.5 Å². The average molecular weight is 596 g/mol. The number of furan rings is 1. The van der Waals surface area contributed by atoms with Gasteiger partial charge in [0, 0.05) is 17.8 Å². The number of rotatable bonds is 12. The van der Waals surface area contributed by atoms with Gasteiger partial charge in [-0.2, -0.15) is 5.10 Å². The molecule has 0 unspecified atom stereocenters. The number of allylic oxidation sites excluding steroid dienone is 1. The van der Waals surface area contributed by atoms with E-state index in [0.717, 1.165) is 0 Å². The molecule has 1 aliphatic rings. The molecule has 2 atom stereocenters. The number of hydrogen-bond acceptors (Lipinski definition) is 12. The Morgan fingerprint density at radius 3 is 2.72 bits per heavy atom. The smallest absolute Gasteiger partial charge is 0.337 e. The van der Waals surface area contributed by atoms with Crippen LogP contribution in [0.4, 0.5) is 10.5 Å². The number of urea groups is 1. The number of nitrogens with one attached hydrogen (secondary N) is 3. The van der Waals surface area contributed by atoms with Gasteiger partial charge in [-0.05, 0) is 49.7 Å². The van der Waals surface area contributed by atoms with Crippen molar-refractivity contribution in [3.8, 4) is 28.6 Å². The number of hydrogen-bond donors (Lipinski definition) is 5. The zero-order valence-corrected chi connectivity index (χ0v) is 23.3. The zero-order chi connectivity index (χ0) is 31.1. The van der Waals surface area contributed by atoms with E-state index in [2.05, 4.69) is 21.2 Å². The van der Waals surface area contributed by atoms with Crippen molar-refractivity contribution in [2.45, 2.75) is 26.1 Å². The second kappa shape index (κ2) is 13.4. The number of phenols is 1. The van der Waals surface area contributed by atoms with Gasteiger partial charge in [-0.15, -0.1) is 0 Å². The van der Waals surface area contributed by atoms with Gasteiger partial charge in [0.15, 0.2) is 17.7 Å². The Hall–Kier alpha value is -5.57. The standard InChI is InChI=1S/C28H29N5O10/c1-4-41-23-11-16(26-25(27(36)40-3)15(2)30-28(37)31-26)5-9-22(23)42-14-24(35)32-29-13-18-7-10-21(43-18)19-12-17(33(38)39)6-8-20(19)34/h5-13,24,26,32,34-35H,4,14H2,1-3H3,(H2,30,31,37)/b29-13-/t24-,26+/m0/s1. The summed E-state index contributed by atoms with van der Waals surface area (Å²) in [4.78, 5) is 35.0. The van der Waals surface area contributed by atoms with Crippen LogP contribution in [0.2, 0.25) is 0 Å². The van der Waals surface area contributed by atoms with Gasteiger partial charge in [0.2, 0.25) is 0 Å². The summed E-state index contributed by atoms with van der Waals surface area (Å²) in [6.45, 7) is 3.43. The molecule has 2 aromatic carbocycles. The first kappa shape index (κ1) is 30.4. The van der Waals surface area contributed by atoms with Crippen LogP contribution in [0.3, 0.4) is 0 Å². The maximum absolute atomic E-state index is 12.4. The number of phenolic OH excluding ortho intramolecular Hbond substituents is 1. The Kier molecular flexibility index (Phi) is 9.47. The van der Waals surface area contributed by atoms with Crippen LogP contribution in [0.5, 0.6) is 17.2 Å². The predicted molar refractivity (Wildman–Crippen MR) is 151 cm³/mol. The van der Waals surface area contributed by atoms with Crippen molar-refractivity contribution < 1.29 is 43.4 Å². The summed E-state index contributed by atoms with van der Waals surface area (Å²) < 4.78 is 21.9. The van der Waals surface area contributed by atoms with E-state index in [1.165, 1.54) is 43.7 Å². The lowest BCUT2D eigenvalue weighted by atomic mass is 9.95. The van der Waals surface area contributed by atoms with Crippen molar-refractivity contribution in [2.75, 3.05) is 20.3 Å². The number of methoxy groups -OCH3 is 1. The molecule has 0 spiro atoms. The third-order valence-corrected chi connectivity index (χ3v) is 6.17. The Morgan fingerprint density at radius 1 is 1.21 bits per heavy atom. The lowest BCUT2D eigenvalue weighted by Crippen LogP contribution is -2.45. The lowest BCUT2D eigenvalue weighted by Gasteiger charge is -2.28. The molecule has 0 saturated heterocycles. The summed E-state index contributed by atoms with van der Waals surface area (Å²) in [6, 6.07) is 10.2. The SMILES string of the molecule is CCOc1cc([C@H]2NC(=O)NC(C)=C2C(=O)OC)ccc1OC[C@H](O)N/N=C\c1ccc(-c2cc([N+](=O)[O-])ccc2O)o1. The van der Waals surface area contributed by atoms with Crippen LogP contribution < -0.4 is 25.5 Å². The number of amides is 2. The lowest BCUT2D eigenvalue weighted by molar-refractivity contribution is -0.384. The molecule has 0 bridgehead atoms. The molecule has 0 aliphatic carbocycles. The quantitative estimate of drug-likeness (QED) is 0.0676. The fraction of sp³-hybridized carbons (Fsp3) is 0.250. The second-order valence-corrected chi connectivity index (χ2v) is 9.08. The zero-order valence-electron chi connectivity index (χ0n) is 23.3. The van der Waals surface area contributed by atoms with Gasteiger partial charge >= 0.3 is 12.0 Å². The van der Waals surface area contributed by atoms with Gasteiger partial charge in [0.25, 0.3) is 5.69 Å². The molecule has 5 N–H and O–H groups in total. The summed E-state index contributed by atoms with van der Waals surface area (Å²) in [5, 5.41) is 40.6. The highest BCUT2D eigenvalue weighted by molar-refractivity contribution is 5.95. The normalized spacial score (nSPS) is 15.4. The molecule has 15 nitrogen and oxygen atoms in total. The summed E-state index contributed by atoms with van der Waals surface area (Å²) in [5.74, 6) is 0.255. The van der Waals surface area contributed by atoms with Gasteiger partial charge in [0.05, 0.1) is 42.0 Å². The first-order valence-electron chi connectivity index (χ1n) is 12.9. The van der Waals surface area contributed by atoms with Crippen molar-refractivity contribution >= 4 is 23.9 Å². The van der Waals surface area contributed by atoms with E-state index in [4.69, 9.17) is 18.6 Å². The molecular weight excluding hydrogens is 566 g/mol. The van der Waals surface area contributed by atoms with E-state index in [-0.39, 0.29) is 40.7 Å². The highest BCUT2D eigenvalue weighted by atomic mass is 16.6. The molecule has 226 valence electrons. The van der Waals surface area contributed by atoms with E-state index in [9.17, 15) is 29.9 Å². The Labute approximate surface area is 244 Å². The number of aliphatic hydroxyl groups excluding tert-OH is 1. The number of benzene rings is 2. The average Bonchev–Trinajstić information content (AvgIpc) is 3.44. The number of nitro groups is 1. The summed E-state index contributed by atoms with van der Waals surface area (Å²) in [6.07, 6.45) is 0.0179. The second-order valence-electron chi connectivity index (χ2n) is 9.08. The highest BCUT2D eigenvalue weighted by Gasteiger charge is 2.32. The van der Waals surface area contributed by atoms with Crippen LogP contribution in [-0.4, -0.2) is 59.9 Å². The van der Waals surface area contributed by atoms with Gasteiger partial charge in [-0.25, -0.2) is 9.59 Å². The Bertz CT molecular complexity index is 1580.